The molecule has 1 aliphatic heterocycles. The predicted octanol–water partition coefficient (Wildman–Crippen LogP) is 1.33. The van der Waals surface area contributed by atoms with E-state index < -0.39 is 0 Å². The summed E-state index contributed by atoms with van der Waals surface area (Å²) < 4.78 is 5.59. The zero-order valence-corrected chi connectivity index (χ0v) is 9.15. The maximum absolute atomic E-state index is 8.87. The lowest BCUT2D eigenvalue weighted by Gasteiger charge is -2.22. The third-order valence-corrected chi connectivity index (χ3v) is 2.75. The van der Waals surface area contributed by atoms with Gasteiger partial charge in [-0.2, -0.15) is 5.26 Å². The molecule has 2 rings (SSSR count). The van der Waals surface area contributed by atoms with E-state index >= 15 is 0 Å². The zero-order chi connectivity index (χ0) is 11.2. The first-order chi connectivity index (χ1) is 7.90. The van der Waals surface area contributed by atoms with Gasteiger partial charge in [-0.1, -0.05) is 0 Å². The van der Waals surface area contributed by atoms with Crippen LogP contribution in [-0.4, -0.2) is 24.7 Å². The minimum Gasteiger partial charge on any atom is -0.476 e. The van der Waals surface area contributed by atoms with E-state index in [4.69, 9.17) is 10.00 Å². The Balaban J connectivity index is 1.91. The molecule has 1 unspecified atom stereocenters. The molecule has 1 aromatic heterocycles. The first kappa shape index (κ1) is 10.9. The molecule has 1 fully saturated rings. The Bertz CT molecular complexity index is 380. The average molecular weight is 217 g/mol. The Kier molecular flexibility index (Phi) is 3.73. The molecule has 0 amide bonds. The first-order valence-corrected chi connectivity index (χ1v) is 5.59. The van der Waals surface area contributed by atoms with Crippen molar-refractivity contribution in [1.29, 1.82) is 5.26 Å². The van der Waals surface area contributed by atoms with Crippen molar-refractivity contribution < 1.29 is 4.74 Å². The number of hydrogen-bond donors (Lipinski definition) is 1. The van der Waals surface area contributed by atoms with Crippen molar-refractivity contribution in [3.8, 4) is 11.9 Å². The number of aromatic nitrogens is 1. The second kappa shape index (κ2) is 5.47. The highest BCUT2D eigenvalue weighted by Gasteiger charge is 2.14. The van der Waals surface area contributed by atoms with E-state index in [2.05, 4.69) is 16.4 Å². The Morgan fingerprint density at radius 2 is 2.56 bits per heavy atom. The van der Waals surface area contributed by atoms with Gasteiger partial charge in [-0.3, -0.25) is 0 Å². The molecule has 0 radical (unpaired) electrons. The Morgan fingerprint density at radius 1 is 1.62 bits per heavy atom. The number of rotatable bonds is 3. The molecule has 84 valence electrons. The maximum atomic E-state index is 8.87. The normalized spacial score (nSPS) is 20.1. The smallest absolute Gasteiger partial charge is 0.231 e. The van der Waals surface area contributed by atoms with E-state index in [1.807, 2.05) is 0 Å². The topological polar surface area (TPSA) is 57.9 Å². The summed E-state index contributed by atoms with van der Waals surface area (Å²) >= 11 is 0. The molecule has 1 atom stereocenters. The Labute approximate surface area is 95.3 Å². The van der Waals surface area contributed by atoms with E-state index in [1.165, 1.54) is 12.8 Å². The molecule has 4 heteroatoms. The lowest BCUT2D eigenvalue weighted by Crippen LogP contribution is -2.33. The lowest BCUT2D eigenvalue weighted by molar-refractivity contribution is 0.211. The Morgan fingerprint density at radius 3 is 3.31 bits per heavy atom. The van der Waals surface area contributed by atoms with Crippen LogP contribution in [0.25, 0.3) is 0 Å². The van der Waals surface area contributed by atoms with Crippen LogP contribution in [0.15, 0.2) is 18.3 Å². The summed E-state index contributed by atoms with van der Waals surface area (Å²) in [5, 5.41) is 12.2. The highest BCUT2D eigenvalue weighted by molar-refractivity contribution is 5.36. The fraction of sp³-hybridized carbons (Fsp3) is 0.500. The van der Waals surface area contributed by atoms with Crippen LogP contribution in [0.4, 0.5) is 0 Å². The molecule has 1 aromatic rings. The largest absolute Gasteiger partial charge is 0.476 e. The second-order valence-corrected chi connectivity index (χ2v) is 3.99. The number of ether oxygens (including phenoxy) is 1. The van der Waals surface area contributed by atoms with Gasteiger partial charge in [0.05, 0.1) is 6.61 Å². The molecule has 1 saturated heterocycles. The number of pyridine rings is 1. The standard InChI is InChI=1S/C12H15N3O/c13-7-11-4-2-6-15-12(11)16-9-10-3-1-5-14-8-10/h2,4,6,10,14H,1,3,5,8-9H2. The average Bonchev–Trinajstić information content (AvgIpc) is 2.38. The molecular formula is C12H15N3O. The minimum absolute atomic E-state index is 0.454. The van der Waals surface area contributed by atoms with Crippen LogP contribution in [0.5, 0.6) is 5.88 Å². The van der Waals surface area contributed by atoms with E-state index in [9.17, 15) is 0 Å². The molecular weight excluding hydrogens is 202 g/mol. The number of nitrogens with one attached hydrogen (secondary N) is 1. The molecule has 0 aliphatic carbocycles. The van der Waals surface area contributed by atoms with Gasteiger partial charge in [0, 0.05) is 18.7 Å². The van der Waals surface area contributed by atoms with Crippen molar-refractivity contribution in [2.75, 3.05) is 19.7 Å². The number of nitrogens with zero attached hydrogens (tertiary/aromatic N) is 2. The van der Waals surface area contributed by atoms with Crippen LogP contribution in [0.3, 0.4) is 0 Å². The van der Waals surface area contributed by atoms with Crippen LogP contribution < -0.4 is 10.1 Å². The van der Waals surface area contributed by atoms with Crippen molar-refractivity contribution in [3.05, 3.63) is 23.9 Å². The first-order valence-electron chi connectivity index (χ1n) is 5.59. The minimum atomic E-state index is 0.454. The van der Waals surface area contributed by atoms with Gasteiger partial charge in [0.25, 0.3) is 0 Å². The van der Waals surface area contributed by atoms with Gasteiger partial charge in [-0.25, -0.2) is 4.98 Å². The van der Waals surface area contributed by atoms with E-state index in [0.717, 1.165) is 13.1 Å². The van der Waals surface area contributed by atoms with Gasteiger partial charge in [-0.15, -0.1) is 0 Å². The van der Waals surface area contributed by atoms with Crippen molar-refractivity contribution in [2.24, 2.45) is 5.92 Å². The summed E-state index contributed by atoms with van der Waals surface area (Å²) in [7, 11) is 0. The van der Waals surface area contributed by atoms with Gasteiger partial charge in [-0.05, 0) is 31.5 Å². The fourth-order valence-electron chi connectivity index (χ4n) is 1.85. The predicted molar refractivity (Wildman–Crippen MR) is 60.0 cm³/mol. The van der Waals surface area contributed by atoms with E-state index in [1.54, 1.807) is 18.3 Å². The molecule has 0 spiro atoms. The van der Waals surface area contributed by atoms with Crippen molar-refractivity contribution >= 4 is 0 Å². The summed E-state index contributed by atoms with van der Waals surface area (Å²) in [4.78, 5) is 4.07. The quantitative estimate of drug-likeness (QED) is 0.829. The monoisotopic (exact) mass is 217 g/mol. The molecule has 0 aromatic carbocycles. The van der Waals surface area contributed by atoms with Gasteiger partial charge < -0.3 is 10.1 Å². The van der Waals surface area contributed by atoms with Gasteiger partial charge >= 0.3 is 0 Å². The summed E-state index contributed by atoms with van der Waals surface area (Å²) in [6.07, 6.45) is 4.03. The number of hydrogen-bond acceptors (Lipinski definition) is 4. The number of piperidine rings is 1. The van der Waals surface area contributed by atoms with Crippen molar-refractivity contribution in [2.45, 2.75) is 12.8 Å². The number of nitriles is 1. The molecule has 0 bridgehead atoms. The summed E-state index contributed by atoms with van der Waals surface area (Å²) in [6.45, 7) is 2.73. The van der Waals surface area contributed by atoms with E-state index in [0.29, 0.717) is 24.0 Å². The maximum Gasteiger partial charge on any atom is 0.231 e. The molecule has 16 heavy (non-hydrogen) atoms. The zero-order valence-electron chi connectivity index (χ0n) is 9.15. The summed E-state index contributed by atoms with van der Waals surface area (Å²) in [5.74, 6) is 0.984. The van der Waals surface area contributed by atoms with Crippen LogP contribution in [0, 0.1) is 17.2 Å². The fourth-order valence-corrected chi connectivity index (χ4v) is 1.85. The molecule has 1 N–H and O–H groups in total. The van der Waals surface area contributed by atoms with Gasteiger partial charge in [0.1, 0.15) is 11.6 Å². The van der Waals surface area contributed by atoms with Crippen molar-refractivity contribution in [3.63, 3.8) is 0 Å². The van der Waals surface area contributed by atoms with Gasteiger partial charge in [0.15, 0.2) is 0 Å². The van der Waals surface area contributed by atoms with Crippen LogP contribution in [0.2, 0.25) is 0 Å². The Hall–Kier alpha value is -1.60. The summed E-state index contributed by atoms with van der Waals surface area (Å²) in [6, 6.07) is 5.55. The highest BCUT2D eigenvalue weighted by atomic mass is 16.5. The van der Waals surface area contributed by atoms with Crippen LogP contribution in [0.1, 0.15) is 18.4 Å². The van der Waals surface area contributed by atoms with Crippen molar-refractivity contribution in [1.82, 2.24) is 10.3 Å². The van der Waals surface area contributed by atoms with E-state index in [-0.39, 0.29) is 0 Å². The third kappa shape index (κ3) is 2.71. The highest BCUT2D eigenvalue weighted by Crippen LogP contribution is 2.16. The SMILES string of the molecule is N#Cc1cccnc1OCC1CCCNC1. The lowest BCUT2D eigenvalue weighted by atomic mass is 10.0. The third-order valence-electron chi connectivity index (χ3n) is 2.75. The molecule has 0 saturated carbocycles. The summed E-state index contributed by atoms with van der Waals surface area (Å²) in [5.41, 5.74) is 0.506. The van der Waals surface area contributed by atoms with Crippen LogP contribution >= 0.6 is 0 Å². The van der Waals surface area contributed by atoms with Gasteiger partial charge in [0.2, 0.25) is 5.88 Å². The molecule has 2 heterocycles. The molecule has 1 aliphatic rings. The van der Waals surface area contributed by atoms with Crippen LogP contribution in [-0.2, 0) is 0 Å². The second-order valence-electron chi connectivity index (χ2n) is 3.99. The molecule has 4 nitrogen and oxygen atoms in total.